The number of imide groups is 1. The van der Waals surface area contributed by atoms with E-state index in [4.69, 9.17) is 21.3 Å². The van der Waals surface area contributed by atoms with E-state index in [1.54, 1.807) is 47.7 Å². The largest absolute Gasteiger partial charge is 0.457 e. The summed E-state index contributed by atoms with van der Waals surface area (Å²) in [6.07, 6.45) is 0.128. The van der Waals surface area contributed by atoms with Crippen molar-refractivity contribution in [2.45, 2.75) is 46.2 Å². The lowest BCUT2D eigenvalue weighted by atomic mass is 9.99. The number of nitrogens with one attached hydrogen (secondary N) is 4. The zero-order chi connectivity index (χ0) is 37.2. The number of aromatic nitrogens is 3. The van der Waals surface area contributed by atoms with E-state index in [0.717, 1.165) is 37.8 Å². The van der Waals surface area contributed by atoms with Crippen LogP contribution in [0, 0.1) is 20.8 Å². The smallest absolute Gasteiger partial charge is 0.315 e. The summed E-state index contributed by atoms with van der Waals surface area (Å²) in [6.45, 7) is 6.64. The summed E-state index contributed by atoms with van der Waals surface area (Å²) in [4.78, 5) is 56.4. The first-order chi connectivity index (χ1) is 25.5. The topological polar surface area (TPSA) is 169 Å². The minimum Gasteiger partial charge on any atom is -0.457 e. The number of amides is 5. The van der Waals surface area contributed by atoms with E-state index < -0.39 is 18.0 Å². The van der Waals surface area contributed by atoms with Crippen LogP contribution in [0.1, 0.15) is 67.2 Å². The van der Waals surface area contributed by atoms with Crippen LogP contribution in [-0.4, -0.2) is 57.3 Å². The number of fused-ring (bicyclic) bond motifs is 4. The van der Waals surface area contributed by atoms with Crippen LogP contribution in [-0.2, 0) is 22.6 Å². The molecule has 0 aliphatic carbocycles. The summed E-state index contributed by atoms with van der Waals surface area (Å²) in [6, 6.07) is 18.7. The number of urea groups is 1. The van der Waals surface area contributed by atoms with Gasteiger partial charge in [0.05, 0.1) is 24.1 Å². The van der Waals surface area contributed by atoms with E-state index >= 15 is 0 Å². The first kappa shape index (κ1) is 35.5. The first-order valence-electron chi connectivity index (χ1n) is 16.9. The van der Waals surface area contributed by atoms with Crippen molar-refractivity contribution in [1.29, 1.82) is 0 Å². The van der Waals surface area contributed by atoms with Gasteiger partial charge >= 0.3 is 6.03 Å². The maximum atomic E-state index is 13.3. The lowest BCUT2D eigenvalue weighted by Crippen LogP contribution is -2.40. The molecule has 1 atom stereocenters. The summed E-state index contributed by atoms with van der Waals surface area (Å²) in [5.74, 6) is 0.995. The molecule has 0 saturated heterocycles. The molecular weight excluding hydrogens is 716 g/mol. The van der Waals surface area contributed by atoms with Crippen LogP contribution in [0.3, 0.4) is 0 Å². The van der Waals surface area contributed by atoms with Crippen LogP contribution in [0.5, 0.6) is 11.5 Å². The summed E-state index contributed by atoms with van der Waals surface area (Å²) < 4.78 is 8.00. The van der Waals surface area contributed by atoms with Gasteiger partial charge in [0.1, 0.15) is 28.4 Å². The molecule has 3 aromatic carbocycles. The van der Waals surface area contributed by atoms with Gasteiger partial charge in [-0.2, -0.15) is 0 Å². The lowest BCUT2D eigenvalue weighted by Gasteiger charge is -2.18. The molecular formula is C38H35ClN8O5S. The van der Waals surface area contributed by atoms with Gasteiger partial charge in [-0.15, -0.1) is 21.5 Å². The Hall–Kier alpha value is -5.86. The number of thiophene rings is 1. The molecule has 270 valence electrons. The van der Waals surface area contributed by atoms with E-state index in [1.165, 1.54) is 0 Å². The zero-order valence-corrected chi connectivity index (χ0v) is 30.7. The van der Waals surface area contributed by atoms with Gasteiger partial charge < -0.3 is 20.7 Å². The molecule has 2 aromatic heterocycles. The van der Waals surface area contributed by atoms with E-state index in [2.05, 4.69) is 45.3 Å². The maximum absolute atomic E-state index is 13.3. The predicted octanol–water partition coefficient (Wildman–Crippen LogP) is 5.41. The second kappa shape index (κ2) is 15.0. The van der Waals surface area contributed by atoms with E-state index in [9.17, 15) is 19.2 Å². The minimum absolute atomic E-state index is 0.0292. The van der Waals surface area contributed by atoms with E-state index in [1.807, 2.05) is 41.8 Å². The summed E-state index contributed by atoms with van der Waals surface area (Å²) in [5, 5.41) is 21.1. The number of aryl methyl sites for hydroxylation is 2. The minimum atomic E-state index is -0.606. The van der Waals surface area contributed by atoms with Crippen LogP contribution in [0.4, 0.5) is 4.79 Å². The van der Waals surface area contributed by atoms with Crippen molar-refractivity contribution in [3.63, 3.8) is 0 Å². The summed E-state index contributed by atoms with van der Waals surface area (Å²) in [5.41, 5.74) is 5.43. The van der Waals surface area contributed by atoms with E-state index in [-0.39, 0.29) is 44.3 Å². The number of carbonyl (C=O) groups excluding carboxylic acids is 4. The predicted molar refractivity (Wildman–Crippen MR) is 200 cm³/mol. The van der Waals surface area contributed by atoms with Crippen LogP contribution in [0.15, 0.2) is 71.7 Å². The number of rotatable bonds is 10. The molecule has 0 spiro atoms. The molecule has 7 rings (SSSR count). The molecule has 13 nitrogen and oxygen atoms in total. The summed E-state index contributed by atoms with van der Waals surface area (Å²) in [7, 11) is 0. The van der Waals surface area contributed by atoms with Crippen LogP contribution in [0.2, 0.25) is 5.02 Å². The number of ether oxygens (including phenoxy) is 1. The molecule has 0 bridgehead atoms. The molecule has 0 saturated carbocycles. The van der Waals surface area contributed by atoms with Crippen molar-refractivity contribution in [3.05, 3.63) is 122 Å². The maximum Gasteiger partial charge on any atom is 0.315 e. The van der Waals surface area contributed by atoms with Gasteiger partial charge in [0.25, 0.3) is 5.91 Å². The number of aliphatic imine (C=N–C) groups is 1. The Bertz CT molecular complexity index is 2300. The first-order valence-corrected chi connectivity index (χ1v) is 18.1. The van der Waals surface area contributed by atoms with Crippen molar-refractivity contribution in [1.82, 2.24) is 36.0 Å². The van der Waals surface area contributed by atoms with Gasteiger partial charge in [-0.3, -0.25) is 29.3 Å². The fourth-order valence-corrected chi connectivity index (χ4v) is 7.66. The third kappa shape index (κ3) is 7.55. The van der Waals surface area contributed by atoms with Crippen molar-refractivity contribution >= 4 is 52.4 Å². The molecule has 0 unspecified atom stereocenters. The quantitative estimate of drug-likeness (QED) is 0.109. The van der Waals surface area contributed by atoms with Gasteiger partial charge in [0, 0.05) is 40.7 Å². The van der Waals surface area contributed by atoms with E-state index in [0.29, 0.717) is 39.3 Å². The average molecular weight is 751 g/mol. The van der Waals surface area contributed by atoms with Crippen molar-refractivity contribution in [2.24, 2.45) is 4.99 Å². The van der Waals surface area contributed by atoms with Gasteiger partial charge in [-0.05, 0) is 67.8 Å². The van der Waals surface area contributed by atoms with Gasteiger partial charge in [0.15, 0.2) is 5.82 Å². The zero-order valence-electron chi connectivity index (χ0n) is 29.1. The number of nitrogens with zero attached hydrogens (tertiary/aromatic N) is 4. The Labute approximate surface area is 313 Å². The fourth-order valence-electron chi connectivity index (χ4n) is 6.32. The van der Waals surface area contributed by atoms with Crippen molar-refractivity contribution < 1.29 is 23.9 Å². The molecule has 15 heteroatoms. The molecule has 53 heavy (non-hydrogen) atoms. The van der Waals surface area contributed by atoms with Gasteiger partial charge in [0.2, 0.25) is 11.8 Å². The third-order valence-electron chi connectivity index (χ3n) is 8.99. The monoisotopic (exact) mass is 750 g/mol. The Morgan fingerprint density at radius 1 is 0.962 bits per heavy atom. The Morgan fingerprint density at radius 2 is 1.74 bits per heavy atom. The highest BCUT2D eigenvalue weighted by molar-refractivity contribution is 7.15. The number of benzene rings is 3. The highest BCUT2D eigenvalue weighted by Gasteiger charge is 2.32. The molecule has 0 radical (unpaired) electrons. The molecule has 4 heterocycles. The second-order valence-corrected chi connectivity index (χ2v) is 14.3. The third-order valence-corrected chi connectivity index (χ3v) is 10.4. The van der Waals surface area contributed by atoms with Crippen LogP contribution < -0.4 is 26.0 Å². The highest BCUT2D eigenvalue weighted by Crippen LogP contribution is 2.39. The Balaban J connectivity index is 0.942. The molecule has 2 aliphatic rings. The molecule has 5 amide bonds. The number of halogens is 1. The lowest BCUT2D eigenvalue weighted by molar-refractivity contribution is -0.121. The number of hydrogen-bond acceptors (Lipinski definition) is 9. The SMILES string of the molecule is Cc1sc2c(c1C)C(c1ccc(Cl)cc1)=N[C@@H](CC(=O)NCCNC(=O)NCc1cccc(Oc3cccc4c3C(=O)NC(=O)C4)c1)c1nnc(C)n1-2. The second-order valence-electron chi connectivity index (χ2n) is 12.7. The van der Waals surface area contributed by atoms with Crippen molar-refractivity contribution in [2.75, 3.05) is 13.1 Å². The van der Waals surface area contributed by atoms with Gasteiger partial charge in [-0.25, -0.2) is 4.79 Å². The molecule has 2 aliphatic heterocycles. The summed E-state index contributed by atoms with van der Waals surface area (Å²) >= 11 is 7.85. The standard InChI is InChI=1S/C38H35ClN8O5S/c1-20-21(2)53-37-32(20)34(24-10-12-26(39)13-11-24)43-28(35-46-45-22(3)47(35)37)18-30(48)40-14-15-41-38(51)42-19-23-6-4-8-27(16-23)52-29-9-5-7-25-17-31(49)44-36(50)33(25)29/h4-13,16,28H,14-15,17-19H2,1-3H3,(H,40,48)(H2,41,42,51)(H,44,49,50)/t28-/m0/s1. The Kier molecular flexibility index (Phi) is 10.1. The molecule has 4 N–H and O–H groups in total. The van der Waals surface area contributed by atoms with Gasteiger partial charge in [-0.1, -0.05) is 48.0 Å². The number of carbonyl (C=O) groups is 4. The molecule has 5 aromatic rings. The normalized spacial score (nSPS) is 14.6. The van der Waals surface area contributed by atoms with Crippen molar-refractivity contribution in [3.8, 4) is 16.5 Å². The van der Waals surface area contributed by atoms with Crippen LogP contribution >= 0.6 is 22.9 Å². The van der Waals surface area contributed by atoms with Crippen LogP contribution in [0.25, 0.3) is 5.00 Å². The highest BCUT2D eigenvalue weighted by atomic mass is 35.5. The molecule has 0 fully saturated rings. The Morgan fingerprint density at radius 3 is 2.55 bits per heavy atom. The number of hydrogen-bond donors (Lipinski definition) is 4. The average Bonchev–Trinajstić information content (AvgIpc) is 3.61. The fraction of sp³-hybridized carbons (Fsp3) is 0.237.